The van der Waals surface area contributed by atoms with E-state index in [-0.39, 0.29) is 5.91 Å². The fourth-order valence-corrected chi connectivity index (χ4v) is 2.27. The molecule has 0 aliphatic carbocycles. The summed E-state index contributed by atoms with van der Waals surface area (Å²) in [5, 5.41) is 9.77. The minimum Gasteiger partial charge on any atom is -0.360 e. The number of aryl methyl sites for hydroxylation is 2. The molecule has 0 radical (unpaired) electrons. The van der Waals surface area contributed by atoms with Crippen LogP contribution < -0.4 is 10.6 Å². The molecule has 3 rings (SSSR count). The van der Waals surface area contributed by atoms with Crippen molar-refractivity contribution in [2.75, 3.05) is 5.32 Å². The summed E-state index contributed by atoms with van der Waals surface area (Å²) in [7, 11) is 0. The molecule has 0 saturated heterocycles. The van der Waals surface area contributed by atoms with Gasteiger partial charge in [0.2, 0.25) is 0 Å². The Bertz CT molecular complexity index is 840. The highest BCUT2D eigenvalue weighted by Gasteiger charge is 2.08. The van der Waals surface area contributed by atoms with Gasteiger partial charge in [-0.25, -0.2) is 4.98 Å². The van der Waals surface area contributed by atoms with Crippen molar-refractivity contribution in [2.45, 2.75) is 20.4 Å². The maximum atomic E-state index is 12.2. The van der Waals surface area contributed by atoms with Crippen LogP contribution >= 0.6 is 0 Å². The quantitative estimate of drug-likeness (QED) is 0.753. The topological polar surface area (TPSA) is 80.0 Å². The van der Waals surface area contributed by atoms with Crippen LogP contribution in [-0.4, -0.2) is 16.0 Å². The van der Waals surface area contributed by atoms with E-state index >= 15 is 0 Å². The predicted molar refractivity (Wildman–Crippen MR) is 91.1 cm³/mol. The average molecular weight is 322 g/mol. The molecule has 0 bridgehead atoms. The minimum absolute atomic E-state index is 0.208. The van der Waals surface area contributed by atoms with Gasteiger partial charge >= 0.3 is 0 Å². The van der Waals surface area contributed by atoms with Crippen molar-refractivity contribution in [3.8, 4) is 0 Å². The molecule has 2 heterocycles. The van der Waals surface area contributed by atoms with E-state index in [2.05, 4.69) is 20.8 Å². The van der Waals surface area contributed by atoms with Crippen LogP contribution in [0.2, 0.25) is 0 Å². The summed E-state index contributed by atoms with van der Waals surface area (Å²) in [4.78, 5) is 16.3. The second-order valence-corrected chi connectivity index (χ2v) is 5.55. The maximum absolute atomic E-state index is 12.2. The standard InChI is InChI=1S/C18H18N4O2/c1-12-4-3-5-14(8-12)10-20-18(23)16-7-6-15(11-19-16)21-17-9-13(2)24-22-17/h3-9,11H,10H2,1-2H3,(H,20,23)(H,21,22). The lowest BCUT2D eigenvalue weighted by molar-refractivity contribution is 0.0946. The number of nitrogens with one attached hydrogen (secondary N) is 2. The smallest absolute Gasteiger partial charge is 0.270 e. The number of benzene rings is 1. The van der Waals surface area contributed by atoms with Gasteiger partial charge in [0.1, 0.15) is 11.5 Å². The van der Waals surface area contributed by atoms with E-state index in [1.807, 2.05) is 38.1 Å². The van der Waals surface area contributed by atoms with Crippen molar-refractivity contribution in [1.29, 1.82) is 0 Å². The normalized spacial score (nSPS) is 10.4. The molecule has 2 aromatic heterocycles. The number of carbonyl (C=O) groups is 1. The summed E-state index contributed by atoms with van der Waals surface area (Å²) in [6, 6.07) is 13.2. The SMILES string of the molecule is Cc1cccc(CNC(=O)c2ccc(Nc3cc(C)on3)cn2)c1. The van der Waals surface area contributed by atoms with Gasteiger partial charge in [0.25, 0.3) is 5.91 Å². The van der Waals surface area contributed by atoms with Crippen LogP contribution in [0.1, 0.15) is 27.4 Å². The van der Waals surface area contributed by atoms with Crippen molar-refractivity contribution >= 4 is 17.4 Å². The molecule has 0 aliphatic rings. The van der Waals surface area contributed by atoms with E-state index in [0.717, 1.165) is 17.0 Å². The molecule has 1 aromatic carbocycles. The monoisotopic (exact) mass is 322 g/mol. The van der Waals surface area contributed by atoms with Crippen molar-refractivity contribution in [3.05, 3.63) is 71.2 Å². The van der Waals surface area contributed by atoms with Crippen LogP contribution in [0, 0.1) is 13.8 Å². The van der Waals surface area contributed by atoms with E-state index in [9.17, 15) is 4.79 Å². The van der Waals surface area contributed by atoms with Gasteiger partial charge in [0, 0.05) is 12.6 Å². The minimum atomic E-state index is -0.208. The van der Waals surface area contributed by atoms with Crippen molar-refractivity contribution in [2.24, 2.45) is 0 Å². The lowest BCUT2D eigenvalue weighted by Crippen LogP contribution is -2.23. The first-order valence-corrected chi connectivity index (χ1v) is 7.60. The Kier molecular flexibility index (Phi) is 4.56. The molecule has 0 saturated carbocycles. The Morgan fingerprint density at radius 2 is 2.04 bits per heavy atom. The molecule has 0 atom stereocenters. The molecule has 6 heteroatoms. The van der Waals surface area contributed by atoms with Crippen LogP contribution in [0.3, 0.4) is 0 Å². The van der Waals surface area contributed by atoms with Crippen molar-refractivity contribution in [1.82, 2.24) is 15.5 Å². The lowest BCUT2D eigenvalue weighted by atomic mass is 10.1. The number of pyridine rings is 1. The summed E-state index contributed by atoms with van der Waals surface area (Å²) in [5.74, 6) is 1.11. The third kappa shape index (κ3) is 3.98. The first kappa shape index (κ1) is 15.7. The number of nitrogens with zero attached hydrogens (tertiary/aromatic N) is 2. The zero-order valence-electron chi connectivity index (χ0n) is 13.5. The molecule has 2 N–H and O–H groups in total. The van der Waals surface area contributed by atoms with Gasteiger partial charge in [0.15, 0.2) is 5.82 Å². The highest BCUT2D eigenvalue weighted by Crippen LogP contribution is 2.15. The van der Waals surface area contributed by atoms with E-state index in [0.29, 0.717) is 18.1 Å². The number of hydrogen-bond donors (Lipinski definition) is 2. The molecule has 0 spiro atoms. The second kappa shape index (κ2) is 6.95. The fourth-order valence-electron chi connectivity index (χ4n) is 2.27. The number of carbonyl (C=O) groups excluding carboxylic acids is 1. The van der Waals surface area contributed by atoms with E-state index in [1.54, 1.807) is 24.4 Å². The largest absolute Gasteiger partial charge is 0.360 e. The van der Waals surface area contributed by atoms with E-state index in [1.165, 1.54) is 5.56 Å². The van der Waals surface area contributed by atoms with Crippen molar-refractivity contribution in [3.63, 3.8) is 0 Å². The average Bonchev–Trinajstić information content (AvgIpc) is 2.98. The molecule has 0 aliphatic heterocycles. The zero-order chi connectivity index (χ0) is 16.9. The third-order valence-electron chi connectivity index (χ3n) is 3.43. The third-order valence-corrected chi connectivity index (χ3v) is 3.43. The molecule has 0 unspecified atom stereocenters. The number of hydrogen-bond acceptors (Lipinski definition) is 5. The van der Waals surface area contributed by atoms with E-state index < -0.39 is 0 Å². The van der Waals surface area contributed by atoms with Crippen LogP contribution in [-0.2, 0) is 6.54 Å². The molecular formula is C18H18N4O2. The molecule has 24 heavy (non-hydrogen) atoms. The fraction of sp³-hybridized carbons (Fsp3) is 0.167. The van der Waals surface area contributed by atoms with Gasteiger partial charge in [-0.05, 0) is 31.5 Å². The Hall–Kier alpha value is -3.15. The van der Waals surface area contributed by atoms with Gasteiger partial charge in [-0.1, -0.05) is 35.0 Å². The van der Waals surface area contributed by atoms with Gasteiger partial charge in [0.05, 0.1) is 11.9 Å². The van der Waals surface area contributed by atoms with Crippen molar-refractivity contribution < 1.29 is 9.32 Å². The summed E-state index contributed by atoms with van der Waals surface area (Å²) in [5.41, 5.74) is 3.32. The predicted octanol–water partition coefficient (Wildman–Crippen LogP) is 3.36. The van der Waals surface area contributed by atoms with Gasteiger partial charge < -0.3 is 15.2 Å². The molecule has 0 fully saturated rings. The lowest BCUT2D eigenvalue weighted by Gasteiger charge is -2.07. The summed E-state index contributed by atoms with van der Waals surface area (Å²) in [6.45, 7) is 4.31. The molecule has 6 nitrogen and oxygen atoms in total. The molecule has 1 amide bonds. The van der Waals surface area contributed by atoms with Gasteiger partial charge in [-0.2, -0.15) is 0 Å². The summed E-state index contributed by atoms with van der Waals surface area (Å²) >= 11 is 0. The molecule has 3 aromatic rings. The number of aromatic nitrogens is 2. The van der Waals surface area contributed by atoms with Crippen LogP contribution in [0.15, 0.2) is 53.2 Å². The van der Waals surface area contributed by atoms with Gasteiger partial charge in [-0.15, -0.1) is 0 Å². The maximum Gasteiger partial charge on any atom is 0.270 e. The van der Waals surface area contributed by atoms with Gasteiger partial charge in [-0.3, -0.25) is 4.79 Å². The zero-order valence-corrected chi connectivity index (χ0v) is 13.5. The Morgan fingerprint density at radius 3 is 2.71 bits per heavy atom. The Labute approximate surface area is 139 Å². The molecule has 122 valence electrons. The summed E-state index contributed by atoms with van der Waals surface area (Å²) < 4.78 is 4.98. The highest BCUT2D eigenvalue weighted by molar-refractivity contribution is 5.92. The van der Waals surface area contributed by atoms with E-state index in [4.69, 9.17) is 4.52 Å². The first-order valence-electron chi connectivity index (χ1n) is 7.60. The highest BCUT2D eigenvalue weighted by atomic mass is 16.5. The molecular weight excluding hydrogens is 304 g/mol. The first-order chi connectivity index (χ1) is 11.6. The number of rotatable bonds is 5. The Morgan fingerprint density at radius 1 is 1.17 bits per heavy atom. The number of anilines is 2. The number of amides is 1. The van der Waals surface area contributed by atoms with Crippen LogP contribution in [0.25, 0.3) is 0 Å². The van der Waals surface area contributed by atoms with Crippen LogP contribution in [0.4, 0.5) is 11.5 Å². The summed E-state index contributed by atoms with van der Waals surface area (Å²) in [6.07, 6.45) is 1.59. The van der Waals surface area contributed by atoms with Crippen LogP contribution in [0.5, 0.6) is 0 Å². The second-order valence-electron chi connectivity index (χ2n) is 5.55. The Balaban J connectivity index is 1.59.